The van der Waals surface area contributed by atoms with Crippen LogP contribution in [-0.4, -0.2) is 36.2 Å². The molecule has 2 aromatic heterocycles. The Morgan fingerprint density at radius 3 is 2.55 bits per heavy atom. The second-order valence-electron chi connectivity index (χ2n) is 7.85. The van der Waals surface area contributed by atoms with E-state index in [1.807, 2.05) is 12.3 Å². The molecular weight excluding hydrogens is 479 g/mol. The van der Waals surface area contributed by atoms with E-state index in [0.29, 0.717) is 19.0 Å². The summed E-state index contributed by atoms with van der Waals surface area (Å²) in [4.78, 5) is 11.3. The highest BCUT2D eigenvalue weighted by molar-refractivity contribution is 14.0. The Balaban J connectivity index is 0.00000300. The molecule has 0 radical (unpaired) electrons. The summed E-state index contributed by atoms with van der Waals surface area (Å²) in [6.07, 6.45) is 4.44. The van der Waals surface area contributed by atoms with Crippen molar-refractivity contribution in [3.05, 3.63) is 41.4 Å². The minimum Gasteiger partial charge on any atom is -0.359 e. The largest absolute Gasteiger partial charge is 0.359 e. The number of hydrogen-bond donors (Lipinski definition) is 2. The van der Waals surface area contributed by atoms with E-state index in [0.717, 1.165) is 47.8 Å². The van der Waals surface area contributed by atoms with Gasteiger partial charge in [0.25, 0.3) is 0 Å². The number of pyridine rings is 1. The lowest BCUT2D eigenvalue weighted by Crippen LogP contribution is -2.36. The van der Waals surface area contributed by atoms with E-state index in [2.05, 4.69) is 63.6 Å². The smallest absolute Gasteiger partial charge is 0.191 e. The number of nitrogens with one attached hydrogen (secondary N) is 2. The molecule has 3 heterocycles. The SMILES string of the molecule is CN=C(NCc1ccc(N2CCC(C)CC2)nc1)NCc1cc(C(C)C)no1.I. The van der Waals surface area contributed by atoms with E-state index in [1.54, 1.807) is 7.05 Å². The first-order valence-corrected chi connectivity index (χ1v) is 10.1. The molecule has 8 heteroatoms. The summed E-state index contributed by atoms with van der Waals surface area (Å²) in [5, 5.41) is 10.6. The molecule has 0 atom stereocenters. The third-order valence-corrected chi connectivity index (χ3v) is 5.20. The highest BCUT2D eigenvalue weighted by Crippen LogP contribution is 2.21. The maximum atomic E-state index is 5.35. The first-order chi connectivity index (χ1) is 13.5. The monoisotopic (exact) mass is 512 g/mol. The van der Waals surface area contributed by atoms with Gasteiger partial charge in [-0.15, -0.1) is 24.0 Å². The zero-order chi connectivity index (χ0) is 19.9. The van der Waals surface area contributed by atoms with Crippen LogP contribution in [0.3, 0.4) is 0 Å². The van der Waals surface area contributed by atoms with E-state index in [1.165, 1.54) is 12.8 Å². The predicted molar refractivity (Wildman–Crippen MR) is 128 cm³/mol. The van der Waals surface area contributed by atoms with Crippen LogP contribution in [0.25, 0.3) is 0 Å². The van der Waals surface area contributed by atoms with Gasteiger partial charge in [0.05, 0.1) is 12.2 Å². The number of nitrogens with zero attached hydrogens (tertiary/aromatic N) is 4. The summed E-state index contributed by atoms with van der Waals surface area (Å²) in [5.41, 5.74) is 2.09. The van der Waals surface area contributed by atoms with E-state index >= 15 is 0 Å². The lowest BCUT2D eigenvalue weighted by molar-refractivity contribution is 0.372. The van der Waals surface area contributed by atoms with Crippen molar-refractivity contribution in [1.82, 2.24) is 20.8 Å². The maximum absolute atomic E-state index is 5.35. The normalized spacial score (nSPS) is 15.3. The van der Waals surface area contributed by atoms with Gasteiger partial charge in [-0.25, -0.2) is 4.98 Å². The minimum atomic E-state index is 0. The minimum absolute atomic E-state index is 0. The third-order valence-electron chi connectivity index (χ3n) is 5.20. The topological polar surface area (TPSA) is 78.6 Å². The van der Waals surface area contributed by atoms with E-state index in [-0.39, 0.29) is 24.0 Å². The number of piperidine rings is 1. The van der Waals surface area contributed by atoms with E-state index in [4.69, 9.17) is 4.52 Å². The van der Waals surface area contributed by atoms with Crippen molar-refractivity contribution in [2.45, 2.75) is 52.6 Å². The van der Waals surface area contributed by atoms with Gasteiger partial charge in [-0.05, 0) is 36.3 Å². The Bertz CT molecular complexity index is 766. The number of guanidine groups is 1. The fourth-order valence-corrected chi connectivity index (χ4v) is 3.21. The summed E-state index contributed by atoms with van der Waals surface area (Å²) in [6, 6.07) is 6.23. The molecule has 0 unspecified atom stereocenters. The third kappa shape index (κ3) is 6.87. The molecule has 0 saturated carbocycles. The molecule has 0 aliphatic carbocycles. The van der Waals surface area contributed by atoms with Gasteiger partial charge in [0.1, 0.15) is 5.82 Å². The average Bonchev–Trinajstić information content (AvgIpc) is 3.19. The Morgan fingerprint density at radius 1 is 1.24 bits per heavy atom. The molecule has 29 heavy (non-hydrogen) atoms. The lowest BCUT2D eigenvalue weighted by atomic mass is 9.99. The van der Waals surface area contributed by atoms with Crippen molar-refractivity contribution in [3.63, 3.8) is 0 Å². The van der Waals surface area contributed by atoms with Crippen LogP contribution in [0.1, 0.15) is 56.5 Å². The zero-order valence-corrected chi connectivity index (χ0v) is 20.1. The van der Waals surface area contributed by atoms with Crippen LogP contribution < -0.4 is 15.5 Å². The van der Waals surface area contributed by atoms with Crippen LogP contribution in [-0.2, 0) is 13.1 Å². The summed E-state index contributed by atoms with van der Waals surface area (Å²) in [5.74, 6) is 3.78. The second kappa shape index (κ2) is 11.4. The molecule has 2 aromatic rings. The quantitative estimate of drug-likeness (QED) is 0.347. The molecule has 3 rings (SSSR count). The molecule has 0 amide bonds. The molecule has 2 N–H and O–H groups in total. The van der Waals surface area contributed by atoms with Crippen LogP contribution in [0.15, 0.2) is 33.9 Å². The summed E-state index contributed by atoms with van der Waals surface area (Å²) < 4.78 is 5.35. The van der Waals surface area contributed by atoms with Crippen molar-refractivity contribution in [2.75, 3.05) is 25.0 Å². The van der Waals surface area contributed by atoms with Gasteiger partial charge in [-0.3, -0.25) is 4.99 Å². The Kier molecular flexibility index (Phi) is 9.19. The second-order valence-corrected chi connectivity index (χ2v) is 7.85. The Labute approximate surface area is 190 Å². The van der Waals surface area contributed by atoms with Gasteiger partial charge in [0.15, 0.2) is 11.7 Å². The average molecular weight is 512 g/mol. The van der Waals surface area contributed by atoms with Crippen LogP contribution in [0.4, 0.5) is 5.82 Å². The number of aliphatic imine (C=N–C) groups is 1. The molecule has 1 aliphatic rings. The van der Waals surface area contributed by atoms with Crippen molar-refractivity contribution < 1.29 is 4.52 Å². The van der Waals surface area contributed by atoms with Crippen LogP contribution in [0.2, 0.25) is 0 Å². The number of rotatable bonds is 6. The molecule has 1 aliphatic heterocycles. The molecule has 0 aromatic carbocycles. The van der Waals surface area contributed by atoms with Gasteiger partial charge in [-0.2, -0.15) is 0 Å². The lowest BCUT2D eigenvalue weighted by Gasteiger charge is -2.31. The predicted octanol–water partition coefficient (Wildman–Crippen LogP) is 3.91. The van der Waals surface area contributed by atoms with Gasteiger partial charge in [0.2, 0.25) is 0 Å². The molecule has 1 fully saturated rings. The maximum Gasteiger partial charge on any atom is 0.191 e. The van der Waals surface area contributed by atoms with Crippen molar-refractivity contribution in [2.24, 2.45) is 10.9 Å². The number of hydrogen-bond acceptors (Lipinski definition) is 5. The first-order valence-electron chi connectivity index (χ1n) is 10.1. The number of anilines is 1. The van der Waals surface area contributed by atoms with Gasteiger partial charge in [-0.1, -0.05) is 32.0 Å². The van der Waals surface area contributed by atoms with Crippen LogP contribution >= 0.6 is 24.0 Å². The molecule has 0 spiro atoms. The fourth-order valence-electron chi connectivity index (χ4n) is 3.21. The molecule has 1 saturated heterocycles. The van der Waals surface area contributed by atoms with Gasteiger partial charge < -0.3 is 20.1 Å². The first kappa shape index (κ1) is 23.4. The van der Waals surface area contributed by atoms with Gasteiger partial charge in [0, 0.05) is 38.9 Å². The zero-order valence-electron chi connectivity index (χ0n) is 17.8. The molecule has 160 valence electrons. The van der Waals surface area contributed by atoms with Crippen molar-refractivity contribution in [1.29, 1.82) is 0 Å². The highest BCUT2D eigenvalue weighted by atomic mass is 127. The summed E-state index contributed by atoms with van der Waals surface area (Å²) >= 11 is 0. The Morgan fingerprint density at radius 2 is 1.97 bits per heavy atom. The van der Waals surface area contributed by atoms with E-state index < -0.39 is 0 Å². The highest BCUT2D eigenvalue weighted by Gasteiger charge is 2.16. The summed E-state index contributed by atoms with van der Waals surface area (Å²) in [6.45, 7) is 9.93. The van der Waals surface area contributed by atoms with Crippen LogP contribution in [0, 0.1) is 5.92 Å². The van der Waals surface area contributed by atoms with Crippen molar-refractivity contribution in [3.8, 4) is 0 Å². The number of aromatic nitrogens is 2. The summed E-state index contributed by atoms with van der Waals surface area (Å²) in [7, 11) is 1.76. The van der Waals surface area contributed by atoms with Crippen molar-refractivity contribution >= 4 is 35.8 Å². The Hall–Kier alpha value is -1.84. The van der Waals surface area contributed by atoms with Gasteiger partial charge >= 0.3 is 0 Å². The van der Waals surface area contributed by atoms with E-state index in [9.17, 15) is 0 Å². The van der Waals surface area contributed by atoms with Crippen LogP contribution in [0.5, 0.6) is 0 Å². The number of halogens is 1. The standard InChI is InChI=1S/C21H32N6O.HI/c1-15(2)19-11-18(28-26-19)14-25-21(22-4)24-13-17-5-6-20(23-12-17)27-9-7-16(3)8-10-27;/h5-6,11-12,15-16H,7-10,13-14H2,1-4H3,(H2,22,24,25);1H. The molecular formula is C21H33IN6O. The molecule has 0 bridgehead atoms. The fraction of sp³-hybridized carbons (Fsp3) is 0.571. The molecule has 7 nitrogen and oxygen atoms in total.